The first-order valence-corrected chi connectivity index (χ1v) is 9.97. The van der Waals surface area contributed by atoms with Crippen LogP contribution >= 0.6 is 11.3 Å². The molecule has 3 unspecified atom stereocenters. The van der Waals surface area contributed by atoms with Gasteiger partial charge >= 0.3 is 0 Å². The minimum Gasteiger partial charge on any atom is -0.349 e. The molecule has 1 aromatic heterocycles. The molecule has 24 heavy (non-hydrogen) atoms. The number of aromatic nitrogens is 1. The van der Waals surface area contributed by atoms with Gasteiger partial charge in [0.1, 0.15) is 0 Å². The highest BCUT2D eigenvalue weighted by atomic mass is 32.1. The van der Waals surface area contributed by atoms with Gasteiger partial charge in [0, 0.05) is 23.4 Å². The zero-order valence-electron chi connectivity index (χ0n) is 13.9. The van der Waals surface area contributed by atoms with E-state index in [2.05, 4.69) is 34.6 Å². The summed E-state index contributed by atoms with van der Waals surface area (Å²) < 4.78 is 0. The maximum atomic E-state index is 12.9. The summed E-state index contributed by atoms with van der Waals surface area (Å²) in [6.45, 7) is 0. The van der Waals surface area contributed by atoms with Gasteiger partial charge in [-0.05, 0) is 49.7 Å². The molecule has 1 saturated carbocycles. The van der Waals surface area contributed by atoms with Gasteiger partial charge in [-0.15, -0.1) is 11.3 Å². The van der Waals surface area contributed by atoms with Gasteiger partial charge in [-0.25, -0.2) is 4.98 Å². The van der Waals surface area contributed by atoms with Crippen molar-refractivity contribution >= 4 is 17.2 Å². The van der Waals surface area contributed by atoms with Gasteiger partial charge in [-0.1, -0.05) is 30.7 Å². The molecule has 1 aromatic carbocycles. The number of nitrogens with one attached hydrogen (secondary N) is 1. The third-order valence-electron chi connectivity index (χ3n) is 5.53. The molecular formula is C20H24N2OS. The Morgan fingerprint density at radius 1 is 1.17 bits per heavy atom. The first-order valence-electron chi connectivity index (χ1n) is 9.09. The van der Waals surface area contributed by atoms with Gasteiger partial charge in [0.25, 0.3) is 0 Å². The molecule has 1 N–H and O–H groups in total. The van der Waals surface area contributed by atoms with Crippen LogP contribution in [0.25, 0.3) is 0 Å². The van der Waals surface area contributed by atoms with Gasteiger partial charge in [0.15, 0.2) is 0 Å². The molecule has 0 saturated heterocycles. The molecule has 3 atom stereocenters. The Labute approximate surface area is 147 Å². The van der Waals surface area contributed by atoms with E-state index >= 15 is 0 Å². The van der Waals surface area contributed by atoms with E-state index in [0.29, 0.717) is 5.92 Å². The summed E-state index contributed by atoms with van der Waals surface area (Å²) in [6, 6.07) is 8.76. The van der Waals surface area contributed by atoms with Crippen LogP contribution in [0, 0.1) is 5.92 Å². The Bertz CT molecular complexity index is 697. The third-order valence-corrected chi connectivity index (χ3v) is 6.47. The zero-order chi connectivity index (χ0) is 16.4. The van der Waals surface area contributed by atoms with E-state index in [1.165, 1.54) is 22.6 Å². The average molecular weight is 340 g/mol. The van der Waals surface area contributed by atoms with Crippen LogP contribution in [0.3, 0.4) is 0 Å². The van der Waals surface area contributed by atoms with Crippen molar-refractivity contribution in [1.82, 2.24) is 10.3 Å². The molecular weight excluding hydrogens is 316 g/mol. The van der Waals surface area contributed by atoms with Crippen LogP contribution in [0.1, 0.15) is 66.6 Å². The molecule has 0 spiro atoms. The van der Waals surface area contributed by atoms with Crippen LogP contribution in [0.15, 0.2) is 35.8 Å². The van der Waals surface area contributed by atoms with Crippen LogP contribution in [0.2, 0.25) is 0 Å². The van der Waals surface area contributed by atoms with Gasteiger partial charge < -0.3 is 5.32 Å². The number of hydrogen-bond acceptors (Lipinski definition) is 3. The fourth-order valence-electron chi connectivity index (χ4n) is 4.28. The van der Waals surface area contributed by atoms with E-state index in [9.17, 15) is 4.79 Å². The van der Waals surface area contributed by atoms with E-state index in [1.807, 2.05) is 11.6 Å². The van der Waals surface area contributed by atoms with Gasteiger partial charge in [0.05, 0.1) is 11.0 Å². The van der Waals surface area contributed by atoms with Crippen molar-refractivity contribution < 1.29 is 4.79 Å². The third kappa shape index (κ3) is 3.25. The standard InChI is InChI=1S/C20H24N2OS/c23-19(15-7-3-8-16(13-15)20-21-11-12-24-20)22-18-10-4-6-14-5-1-2-9-17(14)18/h1-2,5,9,11-12,15-16,18H,3-4,6-8,10,13H2,(H,22,23). The minimum absolute atomic E-state index is 0.140. The number of thiazole rings is 1. The van der Waals surface area contributed by atoms with Crippen molar-refractivity contribution in [2.24, 2.45) is 5.92 Å². The maximum Gasteiger partial charge on any atom is 0.223 e. The van der Waals surface area contributed by atoms with E-state index in [0.717, 1.165) is 38.5 Å². The summed E-state index contributed by atoms with van der Waals surface area (Å²) in [5, 5.41) is 6.60. The molecule has 2 aliphatic rings. The highest BCUT2D eigenvalue weighted by molar-refractivity contribution is 7.09. The molecule has 1 heterocycles. The lowest BCUT2D eigenvalue weighted by Crippen LogP contribution is -2.37. The monoisotopic (exact) mass is 340 g/mol. The van der Waals surface area contributed by atoms with Crippen LogP contribution in [-0.4, -0.2) is 10.9 Å². The van der Waals surface area contributed by atoms with Gasteiger partial charge in [0.2, 0.25) is 5.91 Å². The number of carbonyl (C=O) groups is 1. The zero-order valence-corrected chi connectivity index (χ0v) is 14.7. The molecule has 4 rings (SSSR count). The number of carbonyl (C=O) groups excluding carboxylic acids is 1. The molecule has 126 valence electrons. The lowest BCUT2D eigenvalue weighted by Gasteiger charge is -2.31. The first-order chi connectivity index (χ1) is 11.8. The number of benzene rings is 1. The first kappa shape index (κ1) is 15.8. The highest BCUT2D eigenvalue weighted by Crippen LogP contribution is 2.38. The highest BCUT2D eigenvalue weighted by Gasteiger charge is 2.31. The molecule has 2 aromatic rings. The van der Waals surface area contributed by atoms with E-state index < -0.39 is 0 Å². The van der Waals surface area contributed by atoms with Crippen LogP contribution in [0.4, 0.5) is 0 Å². The number of amides is 1. The largest absolute Gasteiger partial charge is 0.349 e. The number of fused-ring (bicyclic) bond motifs is 1. The molecule has 4 heteroatoms. The van der Waals surface area contributed by atoms with Gasteiger partial charge in [-0.3, -0.25) is 4.79 Å². The Morgan fingerprint density at radius 3 is 2.96 bits per heavy atom. The molecule has 0 bridgehead atoms. The molecule has 0 radical (unpaired) electrons. The van der Waals surface area contributed by atoms with Crippen molar-refractivity contribution in [3.05, 3.63) is 52.0 Å². The second-order valence-electron chi connectivity index (χ2n) is 7.08. The molecule has 1 fully saturated rings. The fourth-order valence-corrected chi connectivity index (χ4v) is 5.07. The predicted molar refractivity (Wildman–Crippen MR) is 97.1 cm³/mol. The second-order valence-corrected chi connectivity index (χ2v) is 8.01. The predicted octanol–water partition coefficient (Wildman–Crippen LogP) is 4.61. The second kappa shape index (κ2) is 7.06. The van der Waals surface area contributed by atoms with E-state index in [-0.39, 0.29) is 17.9 Å². The number of aryl methyl sites for hydroxylation is 1. The Kier molecular flexibility index (Phi) is 4.65. The topological polar surface area (TPSA) is 42.0 Å². The van der Waals surface area contributed by atoms with Crippen molar-refractivity contribution in [3.63, 3.8) is 0 Å². The maximum absolute atomic E-state index is 12.9. The molecule has 1 amide bonds. The average Bonchev–Trinajstić information content (AvgIpc) is 3.17. The lowest BCUT2D eigenvalue weighted by molar-refractivity contribution is -0.127. The van der Waals surface area contributed by atoms with Crippen LogP contribution in [0.5, 0.6) is 0 Å². The van der Waals surface area contributed by atoms with Crippen molar-refractivity contribution in [3.8, 4) is 0 Å². The Morgan fingerprint density at radius 2 is 2.08 bits per heavy atom. The van der Waals surface area contributed by atoms with Crippen LogP contribution in [-0.2, 0) is 11.2 Å². The number of nitrogens with zero attached hydrogens (tertiary/aromatic N) is 1. The Hall–Kier alpha value is -1.68. The lowest BCUT2D eigenvalue weighted by atomic mass is 9.80. The summed E-state index contributed by atoms with van der Waals surface area (Å²) in [5.74, 6) is 0.854. The molecule has 3 nitrogen and oxygen atoms in total. The fraction of sp³-hybridized carbons (Fsp3) is 0.500. The number of rotatable bonds is 3. The summed E-state index contributed by atoms with van der Waals surface area (Å²) in [7, 11) is 0. The summed E-state index contributed by atoms with van der Waals surface area (Å²) in [6.07, 6.45) is 9.50. The Balaban J connectivity index is 1.43. The van der Waals surface area contributed by atoms with Crippen molar-refractivity contribution in [2.75, 3.05) is 0 Å². The van der Waals surface area contributed by atoms with Gasteiger partial charge in [-0.2, -0.15) is 0 Å². The summed E-state index contributed by atoms with van der Waals surface area (Å²) >= 11 is 1.73. The molecule has 2 aliphatic carbocycles. The quantitative estimate of drug-likeness (QED) is 0.886. The SMILES string of the molecule is O=C(NC1CCCc2ccccc21)C1CCCC(c2nccs2)C1. The smallest absolute Gasteiger partial charge is 0.223 e. The van der Waals surface area contributed by atoms with E-state index in [4.69, 9.17) is 0 Å². The summed E-state index contributed by atoms with van der Waals surface area (Å²) in [5.41, 5.74) is 2.72. The van der Waals surface area contributed by atoms with Crippen molar-refractivity contribution in [1.29, 1.82) is 0 Å². The number of hydrogen-bond donors (Lipinski definition) is 1. The molecule has 0 aliphatic heterocycles. The van der Waals surface area contributed by atoms with Crippen molar-refractivity contribution in [2.45, 2.75) is 56.9 Å². The normalized spacial score (nSPS) is 26.6. The summed E-state index contributed by atoms with van der Waals surface area (Å²) in [4.78, 5) is 17.3. The van der Waals surface area contributed by atoms with E-state index in [1.54, 1.807) is 11.3 Å². The minimum atomic E-state index is 0.140. The van der Waals surface area contributed by atoms with Crippen LogP contribution < -0.4 is 5.32 Å².